The maximum atomic E-state index is 11.5. The fourth-order valence-corrected chi connectivity index (χ4v) is 2.82. The van der Waals surface area contributed by atoms with Crippen LogP contribution >= 0.6 is 27.3 Å². The van der Waals surface area contributed by atoms with Gasteiger partial charge in [0.05, 0.1) is 19.9 Å². The van der Waals surface area contributed by atoms with E-state index in [1.165, 1.54) is 11.3 Å². The number of aromatic nitrogens is 1. The van der Waals surface area contributed by atoms with Gasteiger partial charge in [-0.15, -0.1) is 11.3 Å². The van der Waals surface area contributed by atoms with Gasteiger partial charge in [-0.2, -0.15) is 0 Å². The fraction of sp³-hybridized carbons (Fsp3) is 0.286. The molecule has 0 radical (unpaired) electrons. The molecule has 0 aliphatic rings. The number of carbonyl (C=O) groups is 1. The summed E-state index contributed by atoms with van der Waals surface area (Å²) in [5, 5.41) is 5.88. The first kappa shape index (κ1) is 15.8. The summed E-state index contributed by atoms with van der Waals surface area (Å²) >= 11 is 4.62. The Kier molecular flexibility index (Phi) is 5.58. The highest BCUT2D eigenvalue weighted by molar-refractivity contribution is 9.09. The Hall–Kier alpha value is -1.60. The molecule has 1 aromatic carbocycles. The minimum Gasteiger partial charge on any atom is -0.493 e. The van der Waals surface area contributed by atoms with Crippen molar-refractivity contribution in [3.8, 4) is 22.8 Å². The minimum absolute atomic E-state index is 0.0555. The summed E-state index contributed by atoms with van der Waals surface area (Å²) in [7, 11) is 3.19. The molecule has 0 aliphatic heterocycles. The second-order valence-corrected chi connectivity index (χ2v) is 5.75. The molecule has 0 fully saturated rings. The van der Waals surface area contributed by atoms with E-state index in [0.29, 0.717) is 28.4 Å². The van der Waals surface area contributed by atoms with Crippen molar-refractivity contribution in [1.82, 2.24) is 4.98 Å². The topological polar surface area (TPSA) is 60.5 Å². The molecule has 7 heteroatoms. The molecular formula is C14H15BrN2O3S. The van der Waals surface area contributed by atoms with Crippen LogP contribution in [-0.4, -0.2) is 30.4 Å². The highest BCUT2D eigenvalue weighted by Crippen LogP contribution is 2.33. The smallest absolute Gasteiger partial charge is 0.226 e. The van der Waals surface area contributed by atoms with Crippen molar-refractivity contribution in [2.45, 2.75) is 6.42 Å². The SMILES string of the molecule is COc1ccc(-c2csc(NC(=O)CCBr)n2)cc1OC. The summed E-state index contributed by atoms with van der Waals surface area (Å²) in [4.78, 5) is 15.9. The van der Waals surface area contributed by atoms with Crippen molar-refractivity contribution in [2.75, 3.05) is 24.9 Å². The molecule has 2 aromatic rings. The fourth-order valence-electron chi connectivity index (χ4n) is 1.73. The number of alkyl halides is 1. The molecule has 5 nitrogen and oxygen atoms in total. The number of thiazole rings is 1. The van der Waals surface area contributed by atoms with Gasteiger partial charge >= 0.3 is 0 Å². The third-order valence-electron chi connectivity index (χ3n) is 2.75. The predicted octanol–water partition coefficient (Wildman–Crippen LogP) is 3.55. The summed E-state index contributed by atoms with van der Waals surface area (Å²) in [5.74, 6) is 1.26. The zero-order valence-electron chi connectivity index (χ0n) is 11.7. The molecule has 0 atom stereocenters. The molecule has 0 saturated carbocycles. The molecule has 112 valence electrons. The van der Waals surface area contributed by atoms with Gasteiger partial charge in [-0.1, -0.05) is 15.9 Å². The lowest BCUT2D eigenvalue weighted by atomic mass is 10.1. The van der Waals surface area contributed by atoms with Crippen molar-refractivity contribution in [3.05, 3.63) is 23.6 Å². The van der Waals surface area contributed by atoms with E-state index in [0.717, 1.165) is 11.3 Å². The van der Waals surface area contributed by atoms with E-state index in [-0.39, 0.29) is 5.91 Å². The van der Waals surface area contributed by atoms with Gasteiger partial charge in [0.1, 0.15) is 0 Å². The van der Waals surface area contributed by atoms with E-state index < -0.39 is 0 Å². The molecule has 0 unspecified atom stereocenters. The van der Waals surface area contributed by atoms with Gasteiger partial charge in [0.2, 0.25) is 5.91 Å². The normalized spacial score (nSPS) is 10.2. The summed E-state index contributed by atoms with van der Waals surface area (Å²) in [5.41, 5.74) is 1.69. The standard InChI is InChI=1S/C14H15BrN2O3S/c1-19-11-4-3-9(7-12(11)20-2)10-8-21-14(16-10)17-13(18)5-6-15/h3-4,7-8H,5-6H2,1-2H3,(H,16,17,18). The lowest BCUT2D eigenvalue weighted by molar-refractivity contribution is -0.115. The zero-order chi connectivity index (χ0) is 15.2. The number of nitrogens with one attached hydrogen (secondary N) is 1. The van der Waals surface area contributed by atoms with Crippen LogP contribution in [0.2, 0.25) is 0 Å². The summed E-state index contributed by atoms with van der Waals surface area (Å²) in [6, 6.07) is 5.59. The molecule has 2 rings (SSSR count). The average molecular weight is 371 g/mol. The van der Waals surface area contributed by atoms with Gasteiger partial charge in [0.25, 0.3) is 0 Å². The van der Waals surface area contributed by atoms with E-state index in [2.05, 4.69) is 26.2 Å². The van der Waals surface area contributed by atoms with Crippen LogP contribution in [0.15, 0.2) is 23.6 Å². The molecule has 21 heavy (non-hydrogen) atoms. The van der Waals surface area contributed by atoms with E-state index >= 15 is 0 Å². The van der Waals surface area contributed by atoms with Crippen LogP contribution in [0.5, 0.6) is 11.5 Å². The third kappa shape index (κ3) is 3.95. The number of hydrogen-bond donors (Lipinski definition) is 1. The number of rotatable bonds is 6. The predicted molar refractivity (Wildman–Crippen MR) is 87.7 cm³/mol. The van der Waals surface area contributed by atoms with E-state index in [4.69, 9.17) is 9.47 Å². The Morgan fingerprint density at radius 2 is 2.10 bits per heavy atom. The van der Waals surface area contributed by atoms with Gasteiger partial charge in [-0.25, -0.2) is 4.98 Å². The largest absolute Gasteiger partial charge is 0.493 e. The van der Waals surface area contributed by atoms with Gasteiger partial charge in [0, 0.05) is 22.7 Å². The Morgan fingerprint density at radius 1 is 1.33 bits per heavy atom. The van der Waals surface area contributed by atoms with Gasteiger partial charge < -0.3 is 14.8 Å². The van der Waals surface area contributed by atoms with Crippen LogP contribution in [0.3, 0.4) is 0 Å². The van der Waals surface area contributed by atoms with Crippen molar-refractivity contribution in [3.63, 3.8) is 0 Å². The average Bonchev–Trinajstić information content (AvgIpc) is 2.95. The molecule has 1 heterocycles. The van der Waals surface area contributed by atoms with Gasteiger partial charge in [0.15, 0.2) is 16.6 Å². The number of halogens is 1. The molecule has 0 saturated heterocycles. The Balaban J connectivity index is 2.19. The monoisotopic (exact) mass is 370 g/mol. The number of hydrogen-bond acceptors (Lipinski definition) is 5. The maximum Gasteiger partial charge on any atom is 0.226 e. The van der Waals surface area contributed by atoms with Crippen LogP contribution in [0, 0.1) is 0 Å². The molecular weight excluding hydrogens is 356 g/mol. The molecule has 0 aliphatic carbocycles. The second-order valence-electron chi connectivity index (χ2n) is 4.09. The summed E-state index contributed by atoms with van der Waals surface area (Å²) in [6.07, 6.45) is 0.422. The van der Waals surface area contributed by atoms with Crippen molar-refractivity contribution in [2.24, 2.45) is 0 Å². The molecule has 1 aromatic heterocycles. The zero-order valence-corrected chi connectivity index (χ0v) is 14.1. The van der Waals surface area contributed by atoms with Crippen molar-refractivity contribution >= 4 is 38.3 Å². The van der Waals surface area contributed by atoms with Crippen LogP contribution in [0.1, 0.15) is 6.42 Å². The molecule has 1 N–H and O–H groups in total. The molecule has 0 spiro atoms. The Bertz CT molecular complexity index is 630. The first-order valence-electron chi connectivity index (χ1n) is 6.21. The van der Waals surface area contributed by atoms with E-state index in [1.807, 2.05) is 23.6 Å². The summed E-state index contributed by atoms with van der Waals surface area (Å²) in [6.45, 7) is 0. The highest BCUT2D eigenvalue weighted by atomic mass is 79.9. The van der Waals surface area contributed by atoms with Crippen LogP contribution in [0.25, 0.3) is 11.3 Å². The number of carbonyl (C=O) groups excluding carboxylic acids is 1. The van der Waals surface area contributed by atoms with Crippen LogP contribution in [-0.2, 0) is 4.79 Å². The first-order chi connectivity index (χ1) is 10.2. The minimum atomic E-state index is -0.0555. The van der Waals surface area contributed by atoms with Crippen LogP contribution < -0.4 is 14.8 Å². The number of anilines is 1. The summed E-state index contributed by atoms with van der Waals surface area (Å²) < 4.78 is 10.5. The third-order valence-corrected chi connectivity index (χ3v) is 3.91. The lowest BCUT2D eigenvalue weighted by Gasteiger charge is -2.08. The van der Waals surface area contributed by atoms with E-state index in [1.54, 1.807) is 14.2 Å². The van der Waals surface area contributed by atoms with Gasteiger partial charge in [-0.3, -0.25) is 4.79 Å². The Morgan fingerprint density at radius 3 is 2.76 bits per heavy atom. The van der Waals surface area contributed by atoms with Gasteiger partial charge in [-0.05, 0) is 18.2 Å². The molecule has 1 amide bonds. The molecule has 0 bridgehead atoms. The van der Waals surface area contributed by atoms with Crippen LogP contribution in [0.4, 0.5) is 5.13 Å². The lowest BCUT2D eigenvalue weighted by Crippen LogP contribution is -2.11. The Labute approximate surface area is 135 Å². The second kappa shape index (κ2) is 7.42. The number of benzene rings is 1. The van der Waals surface area contributed by atoms with E-state index in [9.17, 15) is 4.79 Å². The first-order valence-corrected chi connectivity index (χ1v) is 8.21. The highest BCUT2D eigenvalue weighted by Gasteiger charge is 2.10. The number of nitrogens with zero attached hydrogens (tertiary/aromatic N) is 1. The number of ether oxygens (including phenoxy) is 2. The number of amides is 1. The van der Waals surface area contributed by atoms with Crippen molar-refractivity contribution in [1.29, 1.82) is 0 Å². The number of methoxy groups -OCH3 is 2. The quantitative estimate of drug-likeness (QED) is 0.789. The van der Waals surface area contributed by atoms with Crippen molar-refractivity contribution < 1.29 is 14.3 Å². The maximum absolute atomic E-state index is 11.5.